The highest BCUT2D eigenvalue weighted by atomic mass is 16.5. The van der Waals surface area contributed by atoms with Crippen molar-refractivity contribution < 1.29 is 14.3 Å². The molecule has 1 fully saturated rings. The minimum absolute atomic E-state index is 0.0670. The average molecular weight is 440 g/mol. The van der Waals surface area contributed by atoms with Crippen LogP contribution < -0.4 is 5.32 Å². The molecule has 8 heteroatoms. The molecular formula is C24H33N5O3. The smallest absolute Gasteiger partial charge is 0.272 e. The molecule has 2 aliphatic rings. The van der Waals surface area contributed by atoms with Gasteiger partial charge in [0.2, 0.25) is 5.91 Å². The van der Waals surface area contributed by atoms with Crippen molar-refractivity contribution in [2.45, 2.75) is 39.9 Å². The number of imidazole rings is 1. The quantitative estimate of drug-likeness (QED) is 0.788. The minimum Gasteiger partial charge on any atom is -0.378 e. The Morgan fingerprint density at radius 2 is 1.75 bits per heavy atom. The van der Waals surface area contributed by atoms with Gasteiger partial charge in [-0.05, 0) is 12.5 Å². The maximum atomic E-state index is 13.5. The number of hydrogen-bond donors (Lipinski definition) is 1. The van der Waals surface area contributed by atoms with Crippen LogP contribution in [-0.4, -0.2) is 77.1 Å². The molecule has 2 amide bonds. The van der Waals surface area contributed by atoms with Crippen molar-refractivity contribution in [3.05, 3.63) is 41.7 Å². The number of morpholine rings is 1. The van der Waals surface area contributed by atoms with Crippen LogP contribution >= 0.6 is 0 Å². The molecule has 3 heterocycles. The van der Waals surface area contributed by atoms with Gasteiger partial charge in [0.05, 0.1) is 18.9 Å². The van der Waals surface area contributed by atoms with Crippen LogP contribution in [-0.2, 0) is 22.6 Å². The lowest BCUT2D eigenvalue weighted by molar-refractivity contribution is -0.139. The van der Waals surface area contributed by atoms with E-state index in [-0.39, 0.29) is 11.8 Å². The van der Waals surface area contributed by atoms with Crippen molar-refractivity contribution in [1.29, 1.82) is 0 Å². The monoisotopic (exact) mass is 439 g/mol. The Labute approximate surface area is 189 Å². The van der Waals surface area contributed by atoms with Gasteiger partial charge in [0.1, 0.15) is 11.9 Å². The van der Waals surface area contributed by atoms with Crippen LogP contribution in [0.15, 0.2) is 30.3 Å². The van der Waals surface area contributed by atoms with Crippen LogP contribution in [0.3, 0.4) is 0 Å². The summed E-state index contributed by atoms with van der Waals surface area (Å²) in [5.74, 6) is 0.432. The van der Waals surface area contributed by atoms with Crippen LogP contribution in [0.2, 0.25) is 0 Å². The molecule has 2 aromatic rings. The predicted octanol–water partition coefficient (Wildman–Crippen LogP) is 2.00. The molecular weight excluding hydrogens is 406 g/mol. The number of hydrogen-bond acceptors (Lipinski definition) is 5. The summed E-state index contributed by atoms with van der Waals surface area (Å²) in [7, 11) is 2.04. The summed E-state index contributed by atoms with van der Waals surface area (Å²) in [6.07, 6.45) is 0. The third-order valence-corrected chi connectivity index (χ3v) is 6.16. The molecule has 1 N–H and O–H groups in total. The molecule has 1 unspecified atom stereocenters. The number of nitrogens with one attached hydrogen (secondary N) is 1. The first-order chi connectivity index (χ1) is 15.3. The molecule has 172 valence electrons. The standard InChI is InChI=1S/C24H33N5O3/c1-24(2,3)20(23(31)28-12-14-32-15-13-28)26-22(30)19-18-16-27(4)10-11-29(18)21(25-19)17-8-6-5-7-9-17/h5-9,20H,10-16H2,1-4H3,(H,26,30). The summed E-state index contributed by atoms with van der Waals surface area (Å²) >= 11 is 0. The van der Waals surface area contributed by atoms with E-state index < -0.39 is 11.5 Å². The van der Waals surface area contributed by atoms with E-state index >= 15 is 0 Å². The van der Waals surface area contributed by atoms with Gasteiger partial charge in [0.15, 0.2) is 5.69 Å². The second kappa shape index (κ2) is 9.03. The van der Waals surface area contributed by atoms with E-state index in [2.05, 4.69) is 14.8 Å². The second-order valence-corrected chi connectivity index (χ2v) is 9.70. The first-order valence-corrected chi connectivity index (χ1v) is 11.3. The largest absolute Gasteiger partial charge is 0.378 e. The topological polar surface area (TPSA) is 79.7 Å². The van der Waals surface area contributed by atoms with E-state index in [0.717, 1.165) is 30.2 Å². The summed E-state index contributed by atoms with van der Waals surface area (Å²) in [5, 5.41) is 3.03. The fourth-order valence-electron chi connectivity index (χ4n) is 4.30. The van der Waals surface area contributed by atoms with E-state index in [9.17, 15) is 9.59 Å². The number of likely N-dealkylation sites (N-methyl/N-ethyl adjacent to an activating group) is 1. The molecule has 1 aromatic carbocycles. The maximum absolute atomic E-state index is 13.5. The molecule has 2 aliphatic heterocycles. The number of fused-ring (bicyclic) bond motifs is 1. The SMILES string of the molecule is CN1CCn2c(-c3ccccc3)nc(C(=O)NC(C(=O)N3CCOCC3)C(C)(C)C)c2C1. The number of amides is 2. The zero-order chi connectivity index (χ0) is 22.9. The third-order valence-electron chi connectivity index (χ3n) is 6.16. The van der Waals surface area contributed by atoms with Crippen LogP contribution in [0.1, 0.15) is 37.0 Å². The van der Waals surface area contributed by atoms with Gasteiger partial charge in [0, 0.05) is 38.3 Å². The van der Waals surface area contributed by atoms with E-state index in [1.807, 2.05) is 58.2 Å². The number of carbonyl (C=O) groups is 2. The van der Waals surface area contributed by atoms with Gasteiger partial charge in [-0.15, -0.1) is 0 Å². The highest BCUT2D eigenvalue weighted by Crippen LogP contribution is 2.27. The van der Waals surface area contributed by atoms with Crippen molar-refractivity contribution in [2.24, 2.45) is 5.41 Å². The van der Waals surface area contributed by atoms with Gasteiger partial charge in [0.25, 0.3) is 5.91 Å². The summed E-state index contributed by atoms with van der Waals surface area (Å²) in [4.78, 5) is 35.6. The number of rotatable bonds is 4. The van der Waals surface area contributed by atoms with Crippen LogP contribution in [0.25, 0.3) is 11.4 Å². The second-order valence-electron chi connectivity index (χ2n) is 9.70. The van der Waals surface area contributed by atoms with E-state index in [1.165, 1.54) is 0 Å². The molecule has 0 spiro atoms. The van der Waals surface area contributed by atoms with Gasteiger partial charge < -0.3 is 19.5 Å². The number of ether oxygens (including phenoxy) is 1. The molecule has 32 heavy (non-hydrogen) atoms. The summed E-state index contributed by atoms with van der Waals surface area (Å²) in [6.45, 7) is 10.4. The Bertz CT molecular complexity index is 974. The van der Waals surface area contributed by atoms with Gasteiger partial charge in [-0.3, -0.25) is 14.5 Å². The zero-order valence-corrected chi connectivity index (χ0v) is 19.4. The number of aromatic nitrogens is 2. The van der Waals surface area contributed by atoms with Crippen LogP contribution in [0.5, 0.6) is 0 Å². The van der Waals surface area contributed by atoms with Crippen LogP contribution in [0.4, 0.5) is 0 Å². The lowest BCUT2D eigenvalue weighted by Crippen LogP contribution is -2.56. The summed E-state index contributed by atoms with van der Waals surface area (Å²) in [5.41, 5.74) is 1.83. The zero-order valence-electron chi connectivity index (χ0n) is 19.4. The normalized spacial score (nSPS) is 18.2. The summed E-state index contributed by atoms with van der Waals surface area (Å²) < 4.78 is 7.52. The Balaban J connectivity index is 1.65. The van der Waals surface area contributed by atoms with Gasteiger partial charge in [-0.1, -0.05) is 51.1 Å². The Morgan fingerprint density at radius 1 is 1.06 bits per heavy atom. The highest BCUT2D eigenvalue weighted by molar-refractivity contribution is 5.98. The highest BCUT2D eigenvalue weighted by Gasteiger charge is 2.38. The number of nitrogens with zero attached hydrogens (tertiary/aromatic N) is 4. The first-order valence-electron chi connectivity index (χ1n) is 11.3. The third kappa shape index (κ3) is 4.56. The van der Waals surface area contributed by atoms with Crippen molar-refractivity contribution in [2.75, 3.05) is 39.9 Å². The molecule has 0 saturated carbocycles. The lowest BCUT2D eigenvalue weighted by Gasteiger charge is -2.36. The van der Waals surface area contributed by atoms with Crippen LogP contribution in [0, 0.1) is 5.41 Å². The molecule has 0 aliphatic carbocycles. The predicted molar refractivity (Wildman–Crippen MR) is 122 cm³/mol. The van der Waals surface area contributed by atoms with E-state index in [0.29, 0.717) is 38.5 Å². The number of benzene rings is 1. The Kier molecular flexibility index (Phi) is 6.35. The first kappa shape index (κ1) is 22.5. The Hall–Kier alpha value is -2.71. The van der Waals surface area contributed by atoms with E-state index in [4.69, 9.17) is 9.72 Å². The Morgan fingerprint density at radius 3 is 2.41 bits per heavy atom. The average Bonchev–Trinajstić information content (AvgIpc) is 3.16. The van der Waals surface area contributed by atoms with Gasteiger partial charge >= 0.3 is 0 Å². The molecule has 0 radical (unpaired) electrons. The minimum atomic E-state index is -0.646. The van der Waals surface area contributed by atoms with Crippen molar-refractivity contribution in [3.63, 3.8) is 0 Å². The van der Waals surface area contributed by atoms with Crippen molar-refractivity contribution in [1.82, 2.24) is 24.7 Å². The van der Waals surface area contributed by atoms with Crippen molar-refractivity contribution in [3.8, 4) is 11.4 Å². The molecule has 1 atom stereocenters. The molecule has 0 bridgehead atoms. The molecule has 8 nitrogen and oxygen atoms in total. The lowest BCUT2D eigenvalue weighted by atomic mass is 9.85. The fourth-order valence-corrected chi connectivity index (χ4v) is 4.30. The van der Waals surface area contributed by atoms with Gasteiger partial charge in [-0.2, -0.15) is 0 Å². The summed E-state index contributed by atoms with van der Waals surface area (Å²) in [6, 6.07) is 9.29. The number of carbonyl (C=O) groups excluding carboxylic acids is 2. The maximum Gasteiger partial charge on any atom is 0.272 e. The molecule has 1 aromatic heterocycles. The van der Waals surface area contributed by atoms with E-state index in [1.54, 1.807) is 4.90 Å². The fraction of sp³-hybridized carbons (Fsp3) is 0.542. The molecule has 4 rings (SSSR count). The molecule has 1 saturated heterocycles. The van der Waals surface area contributed by atoms with Gasteiger partial charge in [-0.25, -0.2) is 4.98 Å². The van der Waals surface area contributed by atoms with Crippen molar-refractivity contribution >= 4 is 11.8 Å².